The fourth-order valence-electron chi connectivity index (χ4n) is 2.61. The van der Waals surface area contributed by atoms with Gasteiger partial charge in [-0.15, -0.1) is 0 Å². The standard InChI is InChI=1S/C19H17FN2O3/c1-24-18-8-5-14(9-19(18)25-2)16-11-22(21-17(16)12-23)10-13-3-6-15(20)7-4-13/h3-9,11-12H,10H2,1-2H3. The lowest BCUT2D eigenvalue weighted by Crippen LogP contribution is -2.00. The lowest BCUT2D eigenvalue weighted by atomic mass is 10.1. The van der Waals surface area contributed by atoms with Crippen LogP contribution in [0.5, 0.6) is 11.5 Å². The van der Waals surface area contributed by atoms with Crippen LogP contribution in [-0.2, 0) is 6.54 Å². The summed E-state index contributed by atoms with van der Waals surface area (Å²) < 4.78 is 25.2. The van der Waals surface area contributed by atoms with E-state index in [2.05, 4.69) is 5.10 Å². The molecule has 1 heterocycles. The van der Waals surface area contributed by atoms with Crippen LogP contribution in [0.25, 0.3) is 11.1 Å². The molecular formula is C19H17FN2O3. The van der Waals surface area contributed by atoms with Gasteiger partial charge in [0.05, 0.1) is 20.8 Å². The third kappa shape index (κ3) is 3.52. The van der Waals surface area contributed by atoms with E-state index in [0.717, 1.165) is 11.1 Å². The number of nitrogens with zero attached hydrogens (tertiary/aromatic N) is 2. The van der Waals surface area contributed by atoms with Crippen LogP contribution in [0.4, 0.5) is 4.39 Å². The summed E-state index contributed by atoms with van der Waals surface area (Å²) >= 11 is 0. The Labute approximate surface area is 144 Å². The highest BCUT2D eigenvalue weighted by atomic mass is 19.1. The van der Waals surface area contributed by atoms with Crippen molar-refractivity contribution in [2.45, 2.75) is 6.54 Å². The van der Waals surface area contributed by atoms with Gasteiger partial charge in [0.15, 0.2) is 17.8 Å². The second kappa shape index (κ2) is 7.17. The van der Waals surface area contributed by atoms with Crippen molar-refractivity contribution in [3.63, 3.8) is 0 Å². The zero-order chi connectivity index (χ0) is 17.8. The van der Waals surface area contributed by atoms with Crippen molar-refractivity contribution in [1.82, 2.24) is 9.78 Å². The van der Waals surface area contributed by atoms with E-state index in [1.807, 2.05) is 6.07 Å². The molecule has 0 aliphatic heterocycles. The van der Waals surface area contributed by atoms with Crippen molar-refractivity contribution >= 4 is 6.29 Å². The van der Waals surface area contributed by atoms with Crippen molar-refractivity contribution in [3.8, 4) is 22.6 Å². The first-order valence-electron chi connectivity index (χ1n) is 7.64. The predicted octanol–water partition coefficient (Wildman–Crippen LogP) is 3.57. The van der Waals surface area contributed by atoms with Gasteiger partial charge in [-0.25, -0.2) is 4.39 Å². The summed E-state index contributed by atoms with van der Waals surface area (Å²) in [5.74, 6) is 0.893. The molecule has 1 aromatic heterocycles. The van der Waals surface area contributed by atoms with Crippen LogP contribution < -0.4 is 9.47 Å². The minimum absolute atomic E-state index is 0.288. The molecule has 25 heavy (non-hydrogen) atoms. The van der Waals surface area contributed by atoms with Gasteiger partial charge >= 0.3 is 0 Å². The Morgan fingerprint density at radius 3 is 2.44 bits per heavy atom. The van der Waals surface area contributed by atoms with Crippen LogP contribution >= 0.6 is 0 Å². The van der Waals surface area contributed by atoms with Crippen LogP contribution in [-0.4, -0.2) is 30.3 Å². The molecule has 3 rings (SSSR count). The summed E-state index contributed by atoms with van der Waals surface area (Å²) in [6, 6.07) is 11.6. The first-order valence-corrected chi connectivity index (χ1v) is 7.64. The molecule has 3 aromatic rings. The van der Waals surface area contributed by atoms with Gasteiger partial charge in [-0.05, 0) is 35.4 Å². The Hall–Kier alpha value is -3.15. The molecule has 0 spiro atoms. The van der Waals surface area contributed by atoms with E-state index in [0.29, 0.717) is 35.6 Å². The van der Waals surface area contributed by atoms with Gasteiger partial charge < -0.3 is 9.47 Å². The Morgan fingerprint density at radius 1 is 1.08 bits per heavy atom. The van der Waals surface area contributed by atoms with Crippen molar-refractivity contribution in [2.75, 3.05) is 14.2 Å². The maximum absolute atomic E-state index is 13.0. The van der Waals surface area contributed by atoms with Crippen molar-refractivity contribution in [2.24, 2.45) is 0 Å². The van der Waals surface area contributed by atoms with Gasteiger partial charge in [-0.2, -0.15) is 5.10 Å². The van der Waals surface area contributed by atoms with Crippen LogP contribution in [0.2, 0.25) is 0 Å². The van der Waals surface area contributed by atoms with E-state index < -0.39 is 0 Å². The molecule has 0 atom stereocenters. The molecule has 0 bridgehead atoms. The number of hydrogen-bond donors (Lipinski definition) is 0. The molecule has 128 valence electrons. The predicted molar refractivity (Wildman–Crippen MR) is 91.7 cm³/mol. The summed E-state index contributed by atoms with van der Waals surface area (Å²) in [6.45, 7) is 0.439. The van der Waals surface area contributed by atoms with Crippen LogP contribution in [0.3, 0.4) is 0 Å². The van der Waals surface area contributed by atoms with Crippen molar-refractivity contribution < 1.29 is 18.7 Å². The Morgan fingerprint density at radius 2 is 1.80 bits per heavy atom. The third-order valence-electron chi connectivity index (χ3n) is 3.85. The summed E-state index contributed by atoms with van der Waals surface area (Å²) in [6.07, 6.45) is 2.50. The largest absolute Gasteiger partial charge is 0.493 e. The lowest BCUT2D eigenvalue weighted by molar-refractivity contribution is 0.111. The highest BCUT2D eigenvalue weighted by Gasteiger charge is 2.13. The molecule has 0 unspecified atom stereocenters. The molecule has 0 aliphatic carbocycles. The van der Waals surface area contributed by atoms with E-state index in [1.165, 1.54) is 12.1 Å². The highest BCUT2D eigenvalue weighted by Crippen LogP contribution is 2.33. The first kappa shape index (κ1) is 16.7. The van der Waals surface area contributed by atoms with E-state index in [4.69, 9.17) is 9.47 Å². The topological polar surface area (TPSA) is 53.4 Å². The van der Waals surface area contributed by atoms with E-state index in [-0.39, 0.29) is 5.82 Å². The fraction of sp³-hybridized carbons (Fsp3) is 0.158. The molecule has 0 saturated heterocycles. The van der Waals surface area contributed by atoms with Crippen molar-refractivity contribution in [3.05, 3.63) is 65.7 Å². The van der Waals surface area contributed by atoms with Crippen LogP contribution in [0, 0.1) is 5.82 Å². The van der Waals surface area contributed by atoms with Gasteiger partial charge in [0.25, 0.3) is 0 Å². The van der Waals surface area contributed by atoms with Crippen LogP contribution in [0.15, 0.2) is 48.7 Å². The number of benzene rings is 2. The number of ether oxygens (including phenoxy) is 2. The second-order valence-electron chi connectivity index (χ2n) is 5.44. The maximum Gasteiger partial charge on any atom is 0.170 e. The SMILES string of the molecule is COc1ccc(-c2cn(Cc3ccc(F)cc3)nc2C=O)cc1OC. The van der Waals surface area contributed by atoms with E-state index in [9.17, 15) is 9.18 Å². The van der Waals surface area contributed by atoms with Gasteiger partial charge in [-0.3, -0.25) is 9.48 Å². The smallest absolute Gasteiger partial charge is 0.170 e. The fourth-order valence-corrected chi connectivity index (χ4v) is 2.61. The van der Waals surface area contributed by atoms with Gasteiger partial charge in [0.2, 0.25) is 0 Å². The third-order valence-corrected chi connectivity index (χ3v) is 3.85. The number of rotatable bonds is 6. The summed E-state index contributed by atoms with van der Waals surface area (Å²) in [5, 5.41) is 4.30. The molecule has 0 aliphatic rings. The summed E-state index contributed by atoms with van der Waals surface area (Å²) in [5.41, 5.74) is 2.71. The maximum atomic E-state index is 13.0. The average Bonchev–Trinajstić information content (AvgIpc) is 3.06. The molecule has 0 amide bonds. The zero-order valence-electron chi connectivity index (χ0n) is 13.9. The van der Waals surface area contributed by atoms with Crippen LogP contribution in [0.1, 0.15) is 16.1 Å². The van der Waals surface area contributed by atoms with E-state index >= 15 is 0 Å². The summed E-state index contributed by atoms with van der Waals surface area (Å²) in [4.78, 5) is 11.4. The van der Waals surface area contributed by atoms with Gasteiger partial charge in [0, 0.05) is 11.8 Å². The number of carbonyl (C=O) groups excluding carboxylic acids is 1. The lowest BCUT2D eigenvalue weighted by Gasteiger charge is -2.08. The number of aromatic nitrogens is 2. The van der Waals surface area contributed by atoms with Gasteiger partial charge in [0.1, 0.15) is 11.5 Å². The molecule has 0 radical (unpaired) electrons. The zero-order valence-corrected chi connectivity index (χ0v) is 13.9. The average molecular weight is 340 g/mol. The molecule has 6 heteroatoms. The minimum atomic E-state index is -0.288. The van der Waals surface area contributed by atoms with Gasteiger partial charge in [-0.1, -0.05) is 18.2 Å². The Balaban J connectivity index is 1.95. The Bertz CT molecular complexity index is 888. The molecular weight excluding hydrogens is 323 g/mol. The van der Waals surface area contributed by atoms with Crippen molar-refractivity contribution in [1.29, 1.82) is 0 Å². The molecule has 5 nitrogen and oxygen atoms in total. The second-order valence-corrected chi connectivity index (χ2v) is 5.44. The molecule has 0 saturated carbocycles. The first-order chi connectivity index (χ1) is 12.1. The Kier molecular flexibility index (Phi) is 4.79. The molecule has 2 aromatic carbocycles. The minimum Gasteiger partial charge on any atom is -0.493 e. The highest BCUT2D eigenvalue weighted by molar-refractivity contribution is 5.85. The number of carbonyl (C=O) groups is 1. The monoisotopic (exact) mass is 340 g/mol. The number of methoxy groups -OCH3 is 2. The normalized spacial score (nSPS) is 10.5. The summed E-state index contributed by atoms with van der Waals surface area (Å²) in [7, 11) is 3.12. The molecule has 0 fully saturated rings. The number of halogens is 1. The number of hydrogen-bond acceptors (Lipinski definition) is 4. The molecule has 0 N–H and O–H groups in total. The quantitative estimate of drug-likeness (QED) is 0.644. The van der Waals surface area contributed by atoms with E-state index in [1.54, 1.807) is 49.4 Å². The number of aldehydes is 1.